The van der Waals surface area contributed by atoms with Crippen molar-refractivity contribution in [2.75, 3.05) is 12.8 Å². The molecule has 1 atom stereocenters. The smallest absolute Gasteiger partial charge is 0.243 e. The summed E-state index contributed by atoms with van der Waals surface area (Å²) in [6.45, 7) is 3.83. The molecule has 0 saturated heterocycles. The second kappa shape index (κ2) is 5.67. The van der Waals surface area contributed by atoms with Crippen LogP contribution in [0.1, 0.15) is 26.7 Å². The van der Waals surface area contributed by atoms with E-state index < -0.39 is 15.8 Å². The molecule has 0 aliphatic carbocycles. The van der Waals surface area contributed by atoms with Crippen LogP contribution in [0.4, 0.5) is 10.1 Å². The molecule has 0 radical (unpaired) electrons. The fourth-order valence-electron chi connectivity index (χ4n) is 1.69. The zero-order valence-electron chi connectivity index (χ0n) is 10.9. The van der Waals surface area contributed by atoms with Gasteiger partial charge in [0, 0.05) is 13.1 Å². The van der Waals surface area contributed by atoms with Gasteiger partial charge in [-0.25, -0.2) is 12.8 Å². The highest BCUT2D eigenvalue weighted by atomic mass is 32.2. The van der Waals surface area contributed by atoms with Gasteiger partial charge in [-0.3, -0.25) is 0 Å². The molecule has 0 saturated carbocycles. The van der Waals surface area contributed by atoms with E-state index in [0.29, 0.717) is 0 Å². The number of sulfonamides is 1. The average molecular weight is 274 g/mol. The van der Waals surface area contributed by atoms with Crippen LogP contribution >= 0.6 is 0 Å². The largest absolute Gasteiger partial charge is 0.396 e. The number of nitrogens with two attached hydrogens (primary N) is 1. The Balaban J connectivity index is 3.09. The zero-order valence-corrected chi connectivity index (χ0v) is 11.7. The summed E-state index contributed by atoms with van der Waals surface area (Å²) < 4.78 is 38.8. The van der Waals surface area contributed by atoms with E-state index in [1.54, 1.807) is 0 Å². The molecule has 18 heavy (non-hydrogen) atoms. The second-order valence-electron chi connectivity index (χ2n) is 4.34. The van der Waals surface area contributed by atoms with E-state index in [1.165, 1.54) is 17.4 Å². The van der Waals surface area contributed by atoms with Crippen LogP contribution in [-0.2, 0) is 10.0 Å². The molecule has 0 aliphatic rings. The average Bonchev–Trinajstić information content (AvgIpc) is 2.31. The molecule has 0 bridgehead atoms. The van der Waals surface area contributed by atoms with Crippen molar-refractivity contribution in [1.82, 2.24) is 4.31 Å². The summed E-state index contributed by atoms with van der Waals surface area (Å²) in [7, 11) is -2.09. The Labute approximate surface area is 108 Å². The number of rotatable bonds is 5. The lowest BCUT2D eigenvalue weighted by Crippen LogP contribution is -2.35. The summed E-state index contributed by atoms with van der Waals surface area (Å²) in [6, 6.07) is 3.35. The third-order valence-corrected chi connectivity index (χ3v) is 4.94. The van der Waals surface area contributed by atoms with Crippen molar-refractivity contribution >= 4 is 15.7 Å². The lowest BCUT2D eigenvalue weighted by molar-refractivity contribution is 0.368. The summed E-state index contributed by atoms with van der Waals surface area (Å²) in [5.41, 5.74) is 5.23. The predicted molar refractivity (Wildman–Crippen MR) is 70.1 cm³/mol. The number of halogens is 1. The zero-order chi connectivity index (χ0) is 13.9. The summed E-state index contributed by atoms with van der Waals surface area (Å²) in [5, 5.41) is 0. The molecule has 0 aromatic heterocycles. The van der Waals surface area contributed by atoms with Crippen molar-refractivity contribution in [3.05, 3.63) is 24.0 Å². The van der Waals surface area contributed by atoms with E-state index in [0.717, 1.165) is 25.0 Å². The molecule has 0 spiro atoms. The van der Waals surface area contributed by atoms with Crippen molar-refractivity contribution in [3.63, 3.8) is 0 Å². The van der Waals surface area contributed by atoms with Crippen LogP contribution in [-0.4, -0.2) is 25.8 Å². The molecular formula is C12H19FN2O2S. The number of hydrogen-bond acceptors (Lipinski definition) is 3. The maximum atomic E-state index is 13.0. The summed E-state index contributed by atoms with van der Waals surface area (Å²) >= 11 is 0. The molecule has 0 heterocycles. The minimum Gasteiger partial charge on any atom is -0.396 e. The Morgan fingerprint density at radius 2 is 2.06 bits per heavy atom. The van der Waals surface area contributed by atoms with Gasteiger partial charge < -0.3 is 5.73 Å². The van der Waals surface area contributed by atoms with E-state index in [2.05, 4.69) is 0 Å². The summed E-state index contributed by atoms with van der Waals surface area (Å²) in [6.07, 6.45) is 1.67. The molecule has 2 N–H and O–H groups in total. The van der Waals surface area contributed by atoms with E-state index in [4.69, 9.17) is 5.73 Å². The molecule has 102 valence electrons. The minimum absolute atomic E-state index is 0.0202. The van der Waals surface area contributed by atoms with Crippen LogP contribution in [0.2, 0.25) is 0 Å². The van der Waals surface area contributed by atoms with Crippen LogP contribution in [0.3, 0.4) is 0 Å². The van der Waals surface area contributed by atoms with E-state index in [-0.39, 0.29) is 16.6 Å². The van der Waals surface area contributed by atoms with Gasteiger partial charge in [0.1, 0.15) is 5.82 Å². The van der Waals surface area contributed by atoms with Gasteiger partial charge >= 0.3 is 0 Å². The Bertz CT molecular complexity index is 517. The number of nitrogens with zero attached hydrogens (tertiary/aromatic N) is 1. The third-order valence-electron chi connectivity index (χ3n) is 2.97. The number of nitrogen functional groups attached to an aromatic ring is 1. The first kappa shape index (κ1) is 14.9. The van der Waals surface area contributed by atoms with Gasteiger partial charge in [-0.15, -0.1) is 0 Å². The van der Waals surface area contributed by atoms with Gasteiger partial charge in [0.2, 0.25) is 10.0 Å². The first-order valence-corrected chi connectivity index (χ1v) is 7.27. The minimum atomic E-state index is -3.61. The van der Waals surface area contributed by atoms with Crippen molar-refractivity contribution in [3.8, 4) is 0 Å². The molecule has 6 heteroatoms. The number of anilines is 1. The first-order valence-electron chi connectivity index (χ1n) is 5.83. The van der Waals surface area contributed by atoms with Gasteiger partial charge in [-0.1, -0.05) is 13.3 Å². The van der Waals surface area contributed by atoms with Crippen LogP contribution in [0.15, 0.2) is 23.1 Å². The molecule has 1 aromatic carbocycles. The Morgan fingerprint density at radius 1 is 1.44 bits per heavy atom. The van der Waals surface area contributed by atoms with Gasteiger partial charge in [0.15, 0.2) is 0 Å². The van der Waals surface area contributed by atoms with Crippen molar-refractivity contribution in [1.29, 1.82) is 0 Å². The predicted octanol–water partition coefficient (Wildman–Crippen LogP) is 2.22. The summed E-state index contributed by atoms with van der Waals surface area (Å²) in [4.78, 5) is 0.0202. The fourth-order valence-corrected chi connectivity index (χ4v) is 3.11. The van der Waals surface area contributed by atoms with Crippen LogP contribution in [0, 0.1) is 5.82 Å². The topological polar surface area (TPSA) is 63.4 Å². The highest BCUT2D eigenvalue weighted by molar-refractivity contribution is 7.89. The van der Waals surface area contributed by atoms with E-state index in [9.17, 15) is 12.8 Å². The van der Waals surface area contributed by atoms with Crippen LogP contribution in [0.5, 0.6) is 0 Å². The number of hydrogen-bond donors (Lipinski definition) is 1. The molecule has 0 fully saturated rings. The SMILES string of the molecule is CCCC(C)N(C)S(=O)(=O)c1ccc(F)c(N)c1. The Morgan fingerprint density at radius 3 is 2.56 bits per heavy atom. The second-order valence-corrected chi connectivity index (χ2v) is 6.34. The Hall–Kier alpha value is -1.14. The van der Waals surface area contributed by atoms with Crippen molar-refractivity contribution in [2.45, 2.75) is 37.6 Å². The van der Waals surface area contributed by atoms with E-state index in [1.807, 2.05) is 13.8 Å². The van der Waals surface area contributed by atoms with E-state index >= 15 is 0 Å². The molecule has 1 rings (SSSR count). The van der Waals surface area contributed by atoms with Crippen molar-refractivity contribution in [2.24, 2.45) is 0 Å². The monoisotopic (exact) mass is 274 g/mol. The molecular weight excluding hydrogens is 255 g/mol. The van der Waals surface area contributed by atoms with Crippen LogP contribution < -0.4 is 5.73 Å². The molecule has 1 unspecified atom stereocenters. The quantitative estimate of drug-likeness (QED) is 0.837. The van der Waals surface area contributed by atoms with Gasteiger partial charge in [0.05, 0.1) is 10.6 Å². The van der Waals surface area contributed by atoms with Crippen LogP contribution in [0.25, 0.3) is 0 Å². The third kappa shape index (κ3) is 3.00. The standard InChI is InChI=1S/C12H19FN2O2S/c1-4-5-9(2)15(3)18(16,17)10-6-7-11(13)12(14)8-10/h6-9H,4-5,14H2,1-3H3. The van der Waals surface area contributed by atoms with Gasteiger partial charge in [-0.05, 0) is 31.5 Å². The summed E-state index contributed by atoms with van der Waals surface area (Å²) in [5.74, 6) is -0.613. The molecule has 4 nitrogen and oxygen atoms in total. The van der Waals surface area contributed by atoms with Gasteiger partial charge in [-0.2, -0.15) is 4.31 Å². The maximum absolute atomic E-state index is 13.0. The molecule has 0 amide bonds. The highest BCUT2D eigenvalue weighted by Gasteiger charge is 2.25. The first-order chi connectivity index (χ1) is 8.30. The van der Waals surface area contributed by atoms with Gasteiger partial charge in [0.25, 0.3) is 0 Å². The van der Waals surface area contributed by atoms with Crippen molar-refractivity contribution < 1.29 is 12.8 Å². The fraction of sp³-hybridized carbons (Fsp3) is 0.500. The lowest BCUT2D eigenvalue weighted by atomic mass is 10.2. The highest BCUT2D eigenvalue weighted by Crippen LogP contribution is 2.21. The Kier molecular flexibility index (Phi) is 4.70. The lowest BCUT2D eigenvalue weighted by Gasteiger charge is -2.24. The number of benzene rings is 1. The molecule has 0 aliphatic heterocycles. The normalized spacial score (nSPS) is 13.8. The maximum Gasteiger partial charge on any atom is 0.243 e. The molecule has 1 aromatic rings.